The first-order valence-corrected chi connectivity index (χ1v) is 20.8. The molecule has 2 heterocycles. The largest absolute Gasteiger partial charge is 0.455 e. The van der Waals surface area contributed by atoms with Gasteiger partial charge in [0.25, 0.3) is 0 Å². The zero-order valence-electron chi connectivity index (χ0n) is 33.2. The highest BCUT2D eigenvalue weighted by Gasteiger charge is 2.21. The van der Waals surface area contributed by atoms with Crippen LogP contribution in [0.15, 0.2) is 235 Å². The Bertz CT molecular complexity index is 3550. The highest BCUT2D eigenvalue weighted by molar-refractivity contribution is 6.11. The fraction of sp³-hybridized carbons (Fsp3) is 0. The molecule has 2 aromatic heterocycles. The summed E-state index contributed by atoms with van der Waals surface area (Å²) in [5, 5.41) is 7.19. The van der Waals surface area contributed by atoms with Crippen LogP contribution < -0.4 is 4.90 Å². The molecule has 3 heteroatoms. The van der Waals surface area contributed by atoms with Crippen LogP contribution in [0.5, 0.6) is 0 Å². The third kappa shape index (κ3) is 5.74. The zero-order chi connectivity index (χ0) is 40.3. The average Bonchev–Trinajstić information content (AvgIpc) is 3.88. The Morgan fingerprint density at radius 2 is 0.918 bits per heavy atom. The lowest BCUT2D eigenvalue weighted by Crippen LogP contribution is -2.11. The second-order valence-corrected chi connectivity index (χ2v) is 15.6. The summed E-state index contributed by atoms with van der Waals surface area (Å²) >= 11 is 0. The minimum absolute atomic E-state index is 0.900. The molecular weight excluding hydrogens is 741 g/mol. The summed E-state index contributed by atoms with van der Waals surface area (Å²) < 4.78 is 8.90. The number of anilines is 3. The predicted molar refractivity (Wildman–Crippen MR) is 257 cm³/mol. The van der Waals surface area contributed by atoms with Crippen LogP contribution in [0.2, 0.25) is 0 Å². The lowest BCUT2D eigenvalue weighted by atomic mass is 9.95. The highest BCUT2D eigenvalue weighted by atomic mass is 16.3. The van der Waals surface area contributed by atoms with Gasteiger partial charge in [0.2, 0.25) is 0 Å². The van der Waals surface area contributed by atoms with Gasteiger partial charge < -0.3 is 13.9 Å². The van der Waals surface area contributed by atoms with Crippen molar-refractivity contribution >= 4 is 71.6 Å². The molecule has 0 fully saturated rings. The molecule has 0 aliphatic rings. The molecule has 0 aliphatic heterocycles. The average molecular weight is 779 g/mol. The van der Waals surface area contributed by atoms with E-state index >= 15 is 0 Å². The molecule has 0 bridgehead atoms. The molecule has 0 aliphatic carbocycles. The molecular formula is C58H38N2O. The number of aromatic nitrogens is 1. The quantitative estimate of drug-likeness (QED) is 0.161. The minimum atomic E-state index is 0.900. The van der Waals surface area contributed by atoms with Crippen LogP contribution >= 0.6 is 0 Å². The van der Waals surface area contributed by atoms with Crippen molar-refractivity contribution in [3.05, 3.63) is 231 Å². The van der Waals surface area contributed by atoms with Gasteiger partial charge in [0.15, 0.2) is 0 Å². The number of para-hydroxylation sites is 6. The van der Waals surface area contributed by atoms with E-state index in [0.717, 1.165) is 72.5 Å². The molecule has 12 rings (SSSR count). The van der Waals surface area contributed by atoms with Gasteiger partial charge in [0.05, 0.1) is 22.4 Å². The Morgan fingerprint density at radius 1 is 0.344 bits per heavy atom. The Labute approximate surface area is 353 Å². The van der Waals surface area contributed by atoms with Crippen molar-refractivity contribution in [2.24, 2.45) is 0 Å². The van der Waals surface area contributed by atoms with Gasteiger partial charge in [-0.25, -0.2) is 0 Å². The third-order valence-electron chi connectivity index (χ3n) is 12.2. The van der Waals surface area contributed by atoms with Crippen molar-refractivity contribution < 1.29 is 4.42 Å². The molecule has 0 spiro atoms. The molecule has 0 unspecified atom stereocenters. The molecule has 3 nitrogen and oxygen atoms in total. The highest BCUT2D eigenvalue weighted by Crippen LogP contribution is 2.45. The smallest absolute Gasteiger partial charge is 0.143 e. The summed E-state index contributed by atoms with van der Waals surface area (Å²) in [7, 11) is 0. The van der Waals surface area contributed by atoms with Gasteiger partial charge in [0, 0.05) is 49.6 Å². The summed E-state index contributed by atoms with van der Waals surface area (Å²) in [6.07, 6.45) is 0. The molecule has 12 aromatic rings. The van der Waals surface area contributed by atoms with Crippen LogP contribution in [0.4, 0.5) is 17.1 Å². The maximum absolute atomic E-state index is 6.48. The maximum atomic E-state index is 6.48. The van der Waals surface area contributed by atoms with E-state index in [2.05, 4.69) is 228 Å². The van der Waals surface area contributed by atoms with E-state index in [1.54, 1.807) is 0 Å². The van der Waals surface area contributed by atoms with Crippen LogP contribution in [-0.4, -0.2) is 4.57 Å². The monoisotopic (exact) mass is 778 g/mol. The number of benzene rings is 10. The topological polar surface area (TPSA) is 21.3 Å². The summed E-state index contributed by atoms with van der Waals surface area (Å²) in [6.45, 7) is 0. The molecule has 61 heavy (non-hydrogen) atoms. The molecule has 10 aromatic carbocycles. The zero-order valence-corrected chi connectivity index (χ0v) is 33.2. The molecule has 286 valence electrons. The molecule has 0 amide bonds. The van der Waals surface area contributed by atoms with Crippen molar-refractivity contribution in [2.45, 2.75) is 0 Å². The Morgan fingerprint density at radius 3 is 1.74 bits per heavy atom. The second kappa shape index (κ2) is 14.3. The minimum Gasteiger partial charge on any atom is -0.455 e. The molecule has 0 N–H and O–H groups in total. The lowest BCUT2D eigenvalue weighted by molar-refractivity contribution is 0.670. The van der Waals surface area contributed by atoms with E-state index in [1.807, 2.05) is 12.1 Å². The summed E-state index contributed by atoms with van der Waals surface area (Å²) in [5.74, 6) is 0. The van der Waals surface area contributed by atoms with Crippen molar-refractivity contribution in [1.82, 2.24) is 4.57 Å². The number of hydrogen-bond acceptors (Lipinski definition) is 2. The van der Waals surface area contributed by atoms with Gasteiger partial charge >= 0.3 is 0 Å². The van der Waals surface area contributed by atoms with Crippen LogP contribution in [0.3, 0.4) is 0 Å². The molecule has 0 saturated heterocycles. The Balaban J connectivity index is 1.04. The number of furan rings is 1. The second-order valence-electron chi connectivity index (χ2n) is 15.6. The van der Waals surface area contributed by atoms with E-state index in [-0.39, 0.29) is 0 Å². The Hall–Kier alpha value is -8.14. The van der Waals surface area contributed by atoms with Gasteiger partial charge in [-0.3, -0.25) is 0 Å². The van der Waals surface area contributed by atoms with E-state index in [9.17, 15) is 0 Å². The van der Waals surface area contributed by atoms with Crippen LogP contribution in [0.25, 0.3) is 93.6 Å². The first-order chi connectivity index (χ1) is 30.3. The first kappa shape index (κ1) is 34.9. The fourth-order valence-electron chi connectivity index (χ4n) is 9.46. The predicted octanol–water partition coefficient (Wildman–Crippen LogP) is 16.3. The fourth-order valence-corrected chi connectivity index (χ4v) is 9.46. The third-order valence-corrected chi connectivity index (χ3v) is 12.2. The van der Waals surface area contributed by atoms with Crippen molar-refractivity contribution in [3.8, 4) is 39.1 Å². The molecule has 0 radical (unpaired) electrons. The number of rotatable bonds is 7. The van der Waals surface area contributed by atoms with Gasteiger partial charge in [-0.15, -0.1) is 0 Å². The summed E-state index contributed by atoms with van der Waals surface area (Å²) in [5.41, 5.74) is 15.4. The van der Waals surface area contributed by atoms with E-state index in [0.29, 0.717) is 0 Å². The first-order valence-electron chi connectivity index (χ1n) is 20.8. The Kier molecular flexibility index (Phi) is 8.17. The van der Waals surface area contributed by atoms with Crippen molar-refractivity contribution in [1.29, 1.82) is 0 Å². The van der Waals surface area contributed by atoms with Crippen molar-refractivity contribution in [3.63, 3.8) is 0 Å². The van der Waals surface area contributed by atoms with Crippen LogP contribution in [0.1, 0.15) is 0 Å². The van der Waals surface area contributed by atoms with Gasteiger partial charge in [0.1, 0.15) is 11.2 Å². The van der Waals surface area contributed by atoms with Crippen LogP contribution in [0, 0.1) is 0 Å². The molecule has 0 saturated carbocycles. The van der Waals surface area contributed by atoms with Crippen molar-refractivity contribution in [2.75, 3.05) is 4.90 Å². The van der Waals surface area contributed by atoms with Gasteiger partial charge in [-0.05, 0) is 82.1 Å². The van der Waals surface area contributed by atoms with Gasteiger partial charge in [-0.1, -0.05) is 176 Å². The van der Waals surface area contributed by atoms with Gasteiger partial charge in [-0.2, -0.15) is 0 Å². The SMILES string of the molecule is c1cc(-c2ccccc2-n2c3ccccc3c3ccccc32)cc(N(c2ccc(-c3cccc4c3oc3ccccc34)cc2)c2ccccc2-c2cccc3ccccc23)c1. The normalized spacial score (nSPS) is 11.6. The van der Waals surface area contributed by atoms with Crippen LogP contribution in [-0.2, 0) is 0 Å². The van der Waals surface area contributed by atoms with E-state index < -0.39 is 0 Å². The number of nitrogens with zero attached hydrogens (tertiary/aromatic N) is 2. The summed E-state index contributed by atoms with van der Waals surface area (Å²) in [6, 6.07) is 83.0. The maximum Gasteiger partial charge on any atom is 0.143 e. The number of fused-ring (bicyclic) bond motifs is 7. The van der Waals surface area contributed by atoms with E-state index in [4.69, 9.17) is 4.42 Å². The lowest BCUT2D eigenvalue weighted by Gasteiger charge is -2.29. The molecule has 0 atom stereocenters. The standard InChI is InChI=1S/C58H38N2O/c1-2-20-44-39(16-1)17-14-27-47(44)48-22-4-9-30-54(48)59(42-36-34-40(35-37-42)46-26-15-28-52-51-25-7-12-33-57(51)61-58(46)52)43-19-13-18-41(38-43)45-21-3-8-29-53(45)60-55-31-10-5-23-49(55)50-24-6-11-32-56(50)60/h1-38H. The van der Waals surface area contributed by atoms with E-state index in [1.165, 1.54) is 38.1 Å². The number of hydrogen-bond donors (Lipinski definition) is 0. The summed E-state index contributed by atoms with van der Waals surface area (Å²) in [4.78, 5) is 2.41.